The lowest BCUT2D eigenvalue weighted by Gasteiger charge is -2.09. The molecule has 1 heterocycles. The molecule has 0 aliphatic heterocycles. The van der Waals surface area contributed by atoms with Crippen LogP contribution in [0.15, 0.2) is 36.7 Å². The van der Waals surface area contributed by atoms with Crippen LogP contribution in [0.1, 0.15) is 19.4 Å². The summed E-state index contributed by atoms with van der Waals surface area (Å²) >= 11 is 0. The van der Waals surface area contributed by atoms with Crippen molar-refractivity contribution in [3.05, 3.63) is 42.2 Å². The Kier molecular flexibility index (Phi) is 3.89. The minimum atomic E-state index is 0.0441. The molecule has 0 amide bonds. The summed E-state index contributed by atoms with van der Waals surface area (Å²) in [6, 6.07) is 7.56. The number of hydrogen-bond donors (Lipinski definition) is 1. The van der Waals surface area contributed by atoms with E-state index in [1.165, 1.54) is 0 Å². The molecule has 4 nitrogen and oxygen atoms in total. The second-order valence-corrected chi connectivity index (χ2v) is 4.26. The Morgan fingerprint density at radius 1 is 1.17 bits per heavy atom. The molecule has 0 saturated heterocycles. The molecule has 0 fully saturated rings. The van der Waals surface area contributed by atoms with Gasteiger partial charge >= 0.3 is 0 Å². The number of nitrogens with zero attached hydrogens (tertiary/aromatic N) is 2. The van der Waals surface area contributed by atoms with Crippen molar-refractivity contribution in [2.24, 2.45) is 0 Å². The molecule has 0 aliphatic rings. The minimum absolute atomic E-state index is 0.0441. The fourth-order valence-corrected chi connectivity index (χ4v) is 1.57. The standard InChI is InChI=1S/C14H16N2O2/c1-10(2)18-14-8-15-7-13(16-14)12-5-3-11(9-17)4-6-12/h3-8,10,17H,9H2,1-2H3. The molecule has 0 aliphatic carbocycles. The number of rotatable bonds is 4. The molecule has 2 aromatic rings. The summed E-state index contributed by atoms with van der Waals surface area (Å²) in [4.78, 5) is 8.51. The average Bonchev–Trinajstić information content (AvgIpc) is 2.38. The first kappa shape index (κ1) is 12.5. The van der Waals surface area contributed by atoms with E-state index in [0.717, 1.165) is 16.8 Å². The third-order valence-electron chi connectivity index (χ3n) is 2.40. The second-order valence-electron chi connectivity index (χ2n) is 4.26. The van der Waals surface area contributed by atoms with Crippen molar-refractivity contribution in [3.63, 3.8) is 0 Å². The van der Waals surface area contributed by atoms with Gasteiger partial charge in [0.05, 0.1) is 30.8 Å². The highest BCUT2D eigenvalue weighted by Gasteiger charge is 2.04. The molecule has 0 spiro atoms. The maximum absolute atomic E-state index is 8.99. The van der Waals surface area contributed by atoms with Gasteiger partial charge in [-0.3, -0.25) is 4.98 Å². The van der Waals surface area contributed by atoms with E-state index in [9.17, 15) is 0 Å². The van der Waals surface area contributed by atoms with Gasteiger partial charge in [-0.05, 0) is 19.4 Å². The Balaban J connectivity index is 2.26. The van der Waals surface area contributed by atoms with E-state index in [1.807, 2.05) is 38.1 Å². The summed E-state index contributed by atoms with van der Waals surface area (Å²) in [5, 5.41) is 8.99. The van der Waals surface area contributed by atoms with Gasteiger partial charge in [-0.2, -0.15) is 0 Å². The molecular weight excluding hydrogens is 228 g/mol. The normalized spacial score (nSPS) is 10.7. The predicted octanol–water partition coefficient (Wildman–Crippen LogP) is 2.42. The largest absolute Gasteiger partial charge is 0.474 e. The molecule has 0 atom stereocenters. The first-order chi connectivity index (χ1) is 8.69. The minimum Gasteiger partial charge on any atom is -0.474 e. The van der Waals surface area contributed by atoms with Crippen molar-refractivity contribution in [2.75, 3.05) is 0 Å². The lowest BCUT2D eigenvalue weighted by Crippen LogP contribution is -2.07. The van der Waals surface area contributed by atoms with Gasteiger partial charge in [0.25, 0.3) is 0 Å². The summed E-state index contributed by atoms with van der Waals surface area (Å²) in [7, 11) is 0. The van der Waals surface area contributed by atoms with E-state index >= 15 is 0 Å². The molecule has 0 saturated carbocycles. The van der Waals surface area contributed by atoms with Crippen molar-refractivity contribution in [2.45, 2.75) is 26.6 Å². The third-order valence-corrected chi connectivity index (χ3v) is 2.40. The van der Waals surface area contributed by atoms with Gasteiger partial charge in [-0.15, -0.1) is 0 Å². The van der Waals surface area contributed by atoms with Gasteiger partial charge in [-0.1, -0.05) is 24.3 Å². The molecule has 1 N–H and O–H groups in total. The molecule has 4 heteroatoms. The number of hydrogen-bond acceptors (Lipinski definition) is 4. The van der Waals surface area contributed by atoms with Crippen LogP contribution in [0.25, 0.3) is 11.3 Å². The van der Waals surface area contributed by atoms with Gasteiger partial charge in [0.1, 0.15) is 0 Å². The number of ether oxygens (including phenoxy) is 1. The van der Waals surface area contributed by atoms with Crippen LogP contribution in [0.2, 0.25) is 0 Å². The highest BCUT2D eigenvalue weighted by Crippen LogP contribution is 2.19. The smallest absolute Gasteiger partial charge is 0.233 e. The van der Waals surface area contributed by atoms with Crippen molar-refractivity contribution >= 4 is 0 Å². The SMILES string of the molecule is CC(C)Oc1cncc(-c2ccc(CO)cc2)n1. The zero-order valence-corrected chi connectivity index (χ0v) is 10.5. The lowest BCUT2D eigenvalue weighted by atomic mass is 10.1. The average molecular weight is 244 g/mol. The molecule has 2 rings (SSSR count). The van der Waals surface area contributed by atoms with E-state index in [-0.39, 0.29) is 12.7 Å². The summed E-state index contributed by atoms with van der Waals surface area (Å²) < 4.78 is 5.51. The number of benzene rings is 1. The molecule has 0 bridgehead atoms. The number of aliphatic hydroxyl groups excluding tert-OH is 1. The van der Waals surface area contributed by atoms with E-state index in [0.29, 0.717) is 5.88 Å². The highest BCUT2D eigenvalue weighted by molar-refractivity contribution is 5.58. The number of aliphatic hydroxyl groups is 1. The van der Waals surface area contributed by atoms with Crippen molar-refractivity contribution in [3.8, 4) is 17.1 Å². The fraction of sp³-hybridized carbons (Fsp3) is 0.286. The Morgan fingerprint density at radius 3 is 2.50 bits per heavy atom. The Hall–Kier alpha value is -1.94. The summed E-state index contributed by atoms with van der Waals surface area (Å²) in [5.41, 5.74) is 2.59. The Bertz CT molecular complexity index is 509. The van der Waals surface area contributed by atoms with Gasteiger partial charge < -0.3 is 9.84 Å². The third kappa shape index (κ3) is 3.05. The molecule has 94 valence electrons. The highest BCUT2D eigenvalue weighted by atomic mass is 16.5. The van der Waals surface area contributed by atoms with Crippen LogP contribution in [-0.2, 0) is 6.61 Å². The monoisotopic (exact) mass is 244 g/mol. The Morgan fingerprint density at radius 2 is 1.89 bits per heavy atom. The molecule has 1 aromatic heterocycles. The van der Waals surface area contributed by atoms with E-state index in [2.05, 4.69) is 9.97 Å². The zero-order chi connectivity index (χ0) is 13.0. The molecule has 0 unspecified atom stereocenters. The molecule has 0 radical (unpaired) electrons. The first-order valence-corrected chi connectivity index (χ1v) is 5.88. The van der Waals surface area contributed by atoms with Crippen molar-refractivity contribution in [1.82, 2.24) is 9.97 Å². The van der Waals surface area contributed by atoms with E-state index < -0.39 is 0 Å². The first-order valence-electron chi connectivity index (χ1n) is 5.88. The molecular formula is C14H16N2O2. The van der Waals surface area contributed by atoms with Crippen molar-refractivity contribution < 1.29 is 9.84 Å². The van der Waals surface area contributed by atoms with Gasteiger partial charge in [0, 0.05) is 5.56 Å². The van der Waals surface area contributed by atoms with Crippen LogP contribution in [0, 0.1) is 0 Å². The zero-order valence-electron chi connectivity index (χ0n) is 10.5. The van der Waals surface area contributed by atoms with Crippen LogP contribution in [0.5, 0.6) is 5.88 Å². The summed E-state index contributed by atoms with van der Waals surface area (Å²) in [5.74, 6) is 0.522. The maximum Gasteiger partial charge on any atom is 0.233 e. The van der Waals surface area contributed by atoms with Crippen LogP contribution in [-0.4, -0.2) is 21.2 Å². The van der Waals surface area contributed by atoms with Crippen LogP contribution < -0.4 is 4.74 Å². The van der Waals surface area contributed by atoms with Gasteiger partial charge in [-0.25, -0.2) is 4.98 Å². The van der Waals surface area contributed by atoms with Crippen LogP contribution in [0.4, 0.5) is 0 Å². The van der Waals surface area contributed by atoms with Gasteiger partial charge in [0.2, 0.25) is 5.88 Å². The van der Waals surface area contributed by atoms with Crippen molar-refractivity contribution in [1.29, 1.82) is 0 Å². The van der Waals surface area contributed by atoms with Crippen LogP contribution in [0.3, 0.4) is 0 Å². The summed E-state index contributed by atoms with van der Waals surface area (Å²) in [6.07, 6.45) is 3.37. The van der Waals surface area contributed by atoms with Gasteiger partial charge in [0.15, 0.2) is 0 Å². The maximum atomic E-state index is 8.99. The van der Waals surface area contributed by atoms with Crippen LogP contribution >= 0.6 is 0 Å². The molecule has 18 heavy (non-hydrogen) atoms. The quantitative estimate of drug-likeness (QED) is 0.897. The lowest BCUT2D eigenvalue weighted by molar-refractivity contribution is 0.232. The predicted molar refractivity (Wildman–Crippen MR) is 69.2 cm³/mol. The fourth-order valence-electron chi connectivity index (χ4n) is 1.57. The van der Waals surface area contributed by atoms with E-state index in [1.54, 1.807) is 12.4 Å². The number of aromatic nitrogens is 2. The topological polar surface area (TPSA) is 55.2 Å². The molecule has 1 aromatic carbocycles. The second kappa shape index (κ2) is 5.60. The van der Waals surface area contributed by atoms with E-state index in [4.69, 9.17) is 9.84 Å². The summed E-state index contributed by atoms with van der Waals surface area (Å²) in [6.45, 7) is 3.94. The Labute approximate surface area is 106 Å².